The predicted octanol–water partition coefficient (Wildman–Crippen LogP) is 4.12. The van der Waals surface area contributed by atoms with E-state index in [0.29, 0.717) is 16.8 Å². The molecule has 0 saturated carbocycles. The summed E-state index contributed by atoms with van der Waals surface area (Å²) in [4.78, 5) is 30.4. The van der Waals surface area contributed by atoms with Gasteiger partial charge in [-0.2, -0.15) is 5.26 Å². The number of carbonyl (C=O) groups excluding carboxylic acids is 2. The van der Waals surface area contributed by atoms with Crippen LogP contribution in [0.25, 0.3) is 0 Å². The van der Waals surface area contributed by atoms with Gasteiger partial charge in [0, 0.05) is 23.3 Å². The Balaban J connectivity index is 2.18. The summed E-state index contributed by atoms with van der Waals surface area (Å²) in [5.74, 6) is -0.205. The van der Waals surface area contributed by atoms with Crippen LogP contribution in [0, 0.1) is 23.2 Å². The quantitative estimate of drug-likeness (QED) is 0.296. The van der Waals surface area contributed by atoms with E-state index in [-0.39, 0.29) is 41.8 Å². The number of likely N-dealkylation sites (N-methyl/N-ethyl adjacent to an activating group) is 1. The third-order valence-electron chi connectivity index (χ3n) is 7.46. The first-order valence-corrected chi connectivity index (χ1v) is 13.8. The normalized spacial score (nSPS) is 19.4. The van der Waals surface area contributed by atoms with E-state index in [0.717, 1.165) is 25.8 Å². The molecule has 1 fully saturated rings. The first kappa shape index (κ1) is 31.5. The maximum atomic E-state index is 13.4. The van der Waals surface area contributed by atoms with Crippen LogP contribution in [0.5, 0.6) is 0 Å². The molecule has 0 aromatic heterocycles. The van der Waals surface area contributed by atoms with E-state index in [1.165, 1.54) is 0 Å². The molecule has 8 nitrogen and oxygen atoms in total. The van der Waals surface area contributed by atoms with Crippen LogP contribution in [0.15, 0.2) is 35.9 Å². The fourth-order valence-electron chi connectivity index (χ4n) is 5.14. The fraction of sp³-hybridized carbons (Fsp3) is 0.633. The van der Waals surface area contributed by atoms with Gasteiger partial charge < -0.3 is 15.7 Å². The van der Waals surface area contributed by atoms with Gasteiger partial charge >= 0.3 is 0 Å². The van der Waals surface area contributed by atoms with Crippen molar-refractivity contribution in [1.29, 1.82) is 5.26 Å². The fourth-order valence-corrected chi connectivity index (χ4v) is 5.14. The number of hydrogen-bond donors (Lipinski definition) is 3. The molecule has 1 aliphatic heterocycles. The van der Waals surface area contributed by atoms with Crippen molar-refractivity contribution in [1.82, 2.24) is 15.1 Å². The molecule has 8 heteroatoms. The molecule has 0 radical (unpaired) electrons. The Kier molecular flexibility index (Phi) is 12.0. The van der Waals surface area contributed by atoms with Crippen LogP contribution < -0.4 is 10.6 Å². The number of nitriles is 1. The van der Waals surface area contributed by atoms with Crippen molar-refractivity contribution < 1.29 is 14.7 Å². The molecule has 3 unspecified atom stereocenters. The molecule has 2 rings (SSSR count). The molecular formula is C30H47N5O3. The molecule has 1 aromatic rings. The zero-order valence-corrected chi connectivity index (χ0v) is 24.4. The number of amides is 2. The molecule has 210 valence electrons. The largest absolute Gasteiger partial charge is 0.376 e. The van der Waals surface area contributed by atoms with Gasteiger partial charge in [0.25, 0.3) is 5.91 Å². The number of nitrogens with zero attached hydrogens (tertiary/aromatic N) is 3. The number of hydrogen-bond acceptors (Lipinski definition) is 6. The second-order valence-electron chi connectivity index (χ2n) is 11.4. The zero-order chi connectivity index (χ0) is 28.6. The summed E-state index contributed by atoms with van der Waals surface area (Å²) in [6.45, 7) is 15.0. The minimum atomic E-state index is -0.943. The van der Waals surface area contributed by atoms with Crippen LogP contribution in [-0.2, 0) is 9.59 Å². The minimum Gasteiger partial charge on any atom is -0.376 e. The molecule has 1 saturated heterocycles. The summed E-state index contributed by atoms with van der Waals surface area (Å²) in [7, 11) is 1.83. The minimum absolute atomic E-state index is 0.00101. The van der Waals surface area contributed by atoms with E-state index >= 15 is 0 Å². The Morgan fingerprint density at radius 1 is 1.16 bits per heavy atom. The van der Waals surface area contributed by atoms with Gasteiger partial charge in [-0.3, -0.25) is 19.4 Å². The monoisotopic (exact) mass is 525 g/mol. The van der Waals surface area contributed by atoms with Crippen molar-refractivity contribution in [3.8, 4) is 6.07 Å². The van der Waals surface area contributed by atoms with E-state index < -0.39 is 12.3 Å². The lowest BCUT2D eigenvalue weighted by atomic mass is 9.95. The Labute approximate surface area is 229 Å². The Morgan fingerprint density at radius 3 is 2.42 bits per heavy atom. The maximum absolute atomic E-state index is 13.4. The topological polar surface area (TPSA) is 109 Å². The Hall–Kier alpha value is -2.73. The molecule has 0 bridgehead atoms. The molecule has 4 atom stereocenters. The first-order valence-electron chi connectivity index (χ1n) is 13.8. The van der Waals surface area contributed by atoms with E-state index in [4.69, 9.17) is 5.26 Å². The number of aliphatic hydroxyl groups is 1. The summed E-state index contributed by atoms with van der Waals surface area (Å²) in [5.41, 5.74) is 1.53. The van der Waals surface area contributed by atoms with Gasteiger partial charge in [0.2, 0.25) is 5.91 Å². The third kappa shape index (κ3) is 8.39. The first-order chi connectivity index (χ1) is 17.9. The van der Waals surface area contributed by atoms with Gasteiger partial charge in [0.15, 0.2) is 0 Å². The van der Waals surface area contributed by atoms with E-state index in [9.17, 15) is 14.7 Å². The number of benzene rings is 1. The lowest BCUT2D eigenvalue weighted by Crippen LogP contribution is -2.60. The molecule has 38 heavy (non-hydrogen) atoms. The van der Waals surface area contributed by atoms with Crippen LogP contribution in [0.3, 0.4) is 0 Å². The highest BCUT2D eigenvalue weighted by Crippen LogP contribution is 2.23. The average Bonchev–Trinajstić information content (AvgIpc) is 2.88. The SMILES string of the molecule is C/C(=C\[C@H](C(C)C)N(C)C(O)C(NC(=O)C1CCCCN1C(C)C)C(C)C)C(=O)Nc1cccc(C#N)c1. The highest BCUT2D eigenvalue weighted by atomic mass is 16.3. The van der Waals surface area contributed by atoms with Gasteiger partial charge in [0.05, 0.1) is 23.7 Å². The van der Waals surface area contributed by atoms with Crippen LogP contribution in [0.4, 0.5) is 5.69 Å². The van der Waals surface area contributed by atoms with E-state index in [1.54, 1.807) is 31.2 Å². The third-order valence-corrected chi connectivity index (χ3v) is 7.46. The highest BCUT2D eigenvalue weighted by molar-refractivity contribution is 6.03. The second-order valence-corrected chi connectivity index (χ2v) is 11.4. The summed E-state index contributed by atoms with van der Waals surface area (Å²) in [6, 6.07) is 8.22. The summed E-state index contributed by atoms with van der Waals surface area (Å²) in [6.07, 6.45) is 3.86. The van der Waals surface area contributed by atoms with Crippen molar-refractivity contribution in [2.45, 2.75) is 98.1 Å². The number of aliphatic hydroxyl groups excluding tert-OH is 1. The molecular weight excluding hydrogens is 478 g/mol. The number of rotatable bonds is 11. The van der Waals surface area contributed by atoms with Crippen molar-refractivity contribution in [2.24, 2.45) is 11.8 Å². The molecule has 3 N–H and O–H groups in total. The summed E-state index contributed by atoms with van der Waals surface area (Å²) < 4.78 is 0. The van der Waals surface area contributed by atoms with Gasteiger partial charge in [-0.1, -0.05) is 46.3 Å². The molecule has 0 spiro atoms. The summed E-state index contributed by atoms with van der Waals surface area (Å²) >= 11 is 0. The predicted molar refractivity (Wildman–Crippen MR) is 152 cm³/mol. The number of anilines is 1. The van der Waals surface area contributed by atoms with Crippen molar-refractivity contribution >= 4 is 17.5 Å². The molecule has 1 aliphatic rings. The van der Waals surface area contributed by atoms with Crippen molar-refractivity contribution in [2.75, 3.05) is 18.9 Å². The highest BCUT2D eigenvalue weighted by Gasteiger charge is 2.36. The van der Waals surface area contributed by atoms with Gasteiger partial charge in [0.1, 0.15) is 6.23 Å². The molecule has 1 heterocycles. The maximum Gasteiger partial charge on any atom is 0.251 e. The Bertz CT molecular complexity index is 1010. The van der Waals surface area contributed by atoms with Gasteiger partial charge in [-0.15, -0.1) is 0 Å². The lowest BCUT2D eigenvalue weighted by Gasteiger charge is -2.41. The van der Waals surface area contributed by atoms with Crippen molar-refractivity contribution in [3.63, 3.8) is 0 Å². The number of carbonyl (C=O) groups is 2. The van der Waals surface area contributed by atoms with Crippen LogP contribution in [0.2, 0.25) is 0 Å². The summed E-state index contributed by atoms with van der Waals surface area (Å²) in [5, 5.41) is 26.6. The van der Waals surface area contributed by atoms with Crippen LogP contribution >= 0.6 is 0 Å². The van der Waals surface area contributed by atoms with Gasteiger partial charge in [-0.25, -0.2) is 0 Å². The standard InChI is InChI=1S/C30H47N5O3/c1-19(2)26(16-22(7)28(36)32-24-13-11-12-23(17-24)18-31)34(8)30(38)27(20(3)4)33-29(37)25-14-9-10-15-35(25)21(5)6/h11-13,16-17,19-21,25-27,30,38H,9-10,14-15H2,1-8H3,(H,32,36)(H,33,37)/b22-16+/t25?,26-,27?,30?/m1/s1. The molecule has 1 aromatic carbocycles. The van der Waals surface area contributed by atoms with E-state index in [2.05, 4.69) is 35.5 Å². The van der Waals surface area contributed by atoms with Crippen LogP contribution in [0.1, 0.15) is 73.3 Å². The smallest absolute Gasteiger partial charge is 0.251 e. The van der Waals surface area contributed by atoms with Crippen LogP contribution in [-0.4, -0.2) is 70.7 Å². The Morgan fingerprint density at radius 2 is 1.84 bits per heavy atom. The second kappa shape index (κ2) is 14.4. The number of likely N-dealkylation sites (tertiary alicyclic amines) is 1. The number of nitrogens with one attached hydrogen (secondary N) is 2. The average molecular weight is 526 g/mol. The molecule has 2 amide bonds. The van der Waals surface area contributed by atoms with Crippen molar-refractivity contribution in [3.05, 3.63) is 41.5 Å². The zero-order valence-electron chi connectivity index (χ0n) is 24.4. The molecule has 0 aliphatic carbocycles. The van der Waals surface area contributed by atoms with E-state index in [1.807, 2.05) is 45.7 Å². The lowest BCUT2D eigenvalue weighted by molar-refractivity contribution is -0.132. The van der Waals surface area contributed by atoms with Gasteiger partial charge in [-0.05, 0) is 77.2 Å². The number of piperidine rings is 1.